The Balaban J connectivity index is 1.10. The van der Waals surface area contributed by atoms with Crippen LogP contribution in [0.1, 0.15) is 37.2 Å². The van der Waals surface area contributed by atoms with Crippen LogP contribution in [0.5, 0.6) is 5.75 Å². The van der Waals surface area contributed by atoms with E-state index in [1.54, 1.807) is 7.11 Å². The second kappa shape index (κ2) is 9.12. The maximum atomic E-state index is 6.41. The first-order chi connectivity index (χ1) is 16.7. The van der Waals surface area contributed by atoms with Gasteiger partial charge >= 0.3 is 0 Å². The summed E-state index contributed by atoms with van der Waals surface area (Å²) < 4.78 is 11.3. The van der Waals surface area contributed by atoms with Crippen LogP contribution in [0.3, 0.4) is 0 Å². The molecule has 1 aliphatic carbocycles. The van der Waals surface area contributed by atoms with Crippen molar-refractivity contribution in [1.29, 1.82) is 0 Å². The van der Waals surface area contributed by atoms with Crippen LogP contribution in [0.2, 0.25) is 5.02 Å². The number of pyridine rings is 1. The molecule has 0 bridgehead atoms. The number of hydrogen-bond acceptors (Lipinski definition) is 5. The van der Waals surface area contributed by atoms with Gasteiger partial charge < -0.3 is 14.1 Å². The van der Waals surface area contributed by atoms with E-state index in [0.717, 1.165) is 53.4 Å². The van der Waals surface area contributed by atoms with E-state index < -0.39 is 0 Å². The van der Waals surface area contributed by atoms with Crippen molar-refractivity contribution in [2.24, 2.45) is 0 Å². The molecule has 6 rings (SSSR count). The van der Waals surface area contributed by atoms with E-state index in [9.17, 15) is 0 Å². The minimum atomic E-state index is 0.567. The molecule has 0 radical (unpaired) electrons. The number of fused-ring (bicyclic) bond motifs is 2. The van der Waals surface area contributed by atoms with Crippen LogP contribution in [-0.2, 0) is 0 Å². The van der Waals surface area contributed by atoms with Crippen molar-refractivity contribution < 1.29 is 9.15 Å². The molecule has 34 heavy (non-hydrogen) atoms. The molecule has 0 amide bonds. The summed E-state index contributed by atoms with van der Waals surface area (Å²) in [6.07, 6.45) is 8.74. The molecule has 2 aromatic heterocycles. The maximum absolute atomic E-state index is 6.41. The van der Waals surface area contributed by atoms with Crippen LogP contribution >= 0.6 is 11.6 Å². The van der Waals surface area contributed by atoms with E-state index in [1.165, 1.54) is 42.3 Å². The molecule has 0 atom stereocenters. The molecule has 2 aliphatic rings. The average molecular weight is 476 g/mol. The summed E-state index contributed by atoms with van der Waals surface area (Å²) in [6, 6.07) is 14.9. The fraction of sp³-hybridized carbons (Fsp3) is 0.393. The molecule has 176 valence electrons. The highest BCUT2D eigenvalue weighted by molar-refractivity contribution is 6.35. The normalized spacial score (nSPS) is 21.9. The van der Waals surface area contributed by atoms with Gasteiger partial charge in [0.2, 0.25) is 0 Å². The Morgan fingerprint density at radius 2 is 1.79 bits per heavy atom. The van der Waals surface area contributed by atoms with Gasteiger partial charge in [0.1, 0.15) is 11.3 Å². The molecule has 5 nitrogen and oxygen atoms in total. The summed E-state index contributed by atoms with van der Waals surface area (Å²) in [5.41, 5.74) is 4.51. The zero-order valence-electron chi connectivity index (χ0n) is 19.5. The zero-order valence-corrected chi connectivity index (χ0v) is 20.3. The van der Waals surface area contributed by atoms with E-state index in [2.05, 4.69) is 33.0 Å². The van der Waals surface area contributed by atoms with Gasteiger partial charge in [-0.15, -0.1) is 0 Å². The summed E-state index contributed by atoms with van der Waals surface area (Å²) in [5.74, 6) is 1.46. The van der Waals surface area contributed by atoms with Crippen LogP contribution in [0.4, 0.5) is 5.69 Å². The number of furan rings is 1. The minimum absolute atomic E-state index is 0.567. The number of nitrogens with zero attached hydrogens (tertiary/aromatic N) is 3. The first-order valence-corrected chi connectivity index (χ1v) is 12.7. The van der Waals surface area contributed by atoms with Gasteiger partial charge in [-0.25, -0.2) is 0 Å². The molecule has 3 heterocycles. The highest BCUT2D eigenvalue weighted by Crippen LogP contribution is 2.40. The molecule has 4 aromatic rings. The van der Waals surface area contributed by atoms with Gasteiger partial charge in [-0.05, 0) is 74.1 Å². The summed E-state index contributed by atoms with van der Waals surface area (Å²) in [6.45, 7) is 4.25. The number of hydrogen-bond donors (Lipinski definition) is 0. The monoisotopic (exact) mass is 475 g/mol. The number of benzene rings is 2. The number of anilines is 1. The van der Waals surface area contributed by atoms with Crippen LogP contribution in [0, 0.1) is 0 Å². The van der Waals surface area contributed by atoms with Crippen LogP contribution < -0.4 is 9.64 Å². The quantitative estimate of drug-likeness (QED) is 0.337. The smallest absolute Gasteiger partial charge is 0.134 e. The fourth-order valence-electron chi connectivity index (χ4n) is 5.93. The Morgan fingerprint density at radius 3 is 2.59 bits per heavy atom. The van der Waals surface area contributed by atoms with Gasteiger partial charge in [-0.2, -0.15) is 0 Å². The van der Waals surface area contributed by atoms with Crippen molar-refractivity contribution in [3.8, 4) is 5.75 Å². The molecule has 0 N–H and O–H groups in total. The van der Waals surface area contributed by atoms with E-state index in [0.29, 0.717) is 12.0 Å². The predicted molar refractivity (Wildman–Crippen MR) is 138 cm³/mol. The standard InChI is InChI=1S/C28H30ClN3O2/c1-33-21-8-11-27-23(17-21)24(18-34-27)19-4-6-20(7-5-19)31-13-15-32(16-14-31)26-10-9-25(29)22-3-2-12-30-28(22)26/h2-3,8-12,17-20H,4-7,13-16H2,1H3. The van der Waals surface area contributed by atoms with Crippen molar-refractivity contribution in [3.63, 3.8) is 0 Å². The molecular weight excluding hydrogens is 446 g/mol. The lowest BCUT2D eigenvalue weighted by Crippen LogP contribution is -2.51. The summed E-state index contributed by atoms with van der Waals surface area (Å²) in [4.78, 5) is 9.81. The lowest BCUT2D eigenvalue weighted by molar-refractivity contribution is 0.141. The highest BCUT2D eigenvalue weighted by atomic mass is 35.5. The summed E-state index contributed by atoms with van der Waals surface area (Å²) >= 11 is 6.41. The number of methoxy groups -OCH3 is 1. The molecule has 0 spiro atoms. The van der Waals surface area contributed by atoms with Gasteiger partial charge in [-0.3, -0.25) is 9.88 Å². The van der Waals surface area contributed by atoms with Gasteiger partial charge in [0, 0.05) is 54.8 Å². The van der Waals surface area contributed by atoms with Gasteiger partial charge in [-0.1, -0.05) is 11.6 Å². The lowest BCUT2D eigenvalue weighted by Gasteiger charge is -2.42. The molecule has 1 saturated carbocycles. The second-order valence-corrected chi connectivity index (χ2v) is 9.95. The Bertz CT molecular complexity index is 1300. The number of ether oxygens (including phenoxy) is 1. The van der Waals surface area contributed by atoms with E-state index >= 15 is 0 Å². The fourth-order valence-corrected chi connectivity index (χ4v) is 6.14. The first kappa shape index (κ1) is 21.8. The third-order valence-electron chi connectivity index (χ3n) is 7.81. The highest BCUT2D eigenvalue weighted by Gasteiger charge is 2.30. The Kier molecular flexibility index (Phi) is 5.84. The van der Waals surface area contributed by atoms with Crippen molar-refractivity contribution in [2.75, 3.05) is 38.2 Å². The largest absolute Gasteiger partial charge is 0.497 e. The van der Waals surface area contributed by atoms with Crippen molar-refractivity contribution >= 4 is 39.2 Å². The Labute approximate surface area is 205 Å². The van der Waals surface area contributed by atoms with Crippen LogP contribution in [0.25, 0.3) is 21.9 Å². The Hall–Kier alpha value is -2.76. The maximum Gasteiger partial charge on any atom is 0.134 e. The van der Waals surface area contributed by atoms with E-state index in [1.807, 2.05) is 36.7 Å². The van der Waals surface area contributed by atoms with Gasteiger partial charge in [0.25, 0.3) is 0 Å². The Morgan fingerprint density at radius 1 is 0.971 bits per heavy atom. The molecule has 1 aliphatic heterocycles. The topological polar surface area (TPSA) is 41.7 Å². The first-order valence-electron chi connectivity index (χ1n) is 12.3. The molecule has 1 saturated heterocycles. The van der Waals surface area contributed by atoms with E-state index in [4.69, 9.17) is 20.8 Å². The molecule has 0 unspecified atom stereocenters. The lowest BCUT2D eigenvalue weighted by atomic mass is 9.81. The van der Waals surface area contributed by atoms with Crippen LogP contribution in [-0.4, -0.2) is 49.2 Å². The third-order valence-corrected chi connectivity index (χ3v) is 8.14. The summed E-state index contributed by atoms with van der Waals surface area (Å²) in [7, 11) is 1.72. The summed E-state index contributed by atoms with van der Waals surface area (Å²) in [5, 5.41) is 3.01. The van der Waals surface area contributed by atoms with Gasteiger partial charge in [0.05, 0.1) is 29.6 Å². The second-order valence-electron chi connectivity index (χ2n) is 9.55. The predicted octanol–water partition coefficient (Wildman–Crippen LogP) is 6.49. The number of rotatable bonds is 4. The molecular formula is C28H30ClN3O2. The van der Waals surface area contributed by atoms with Crippen molar-refractivity contribution in [2.45, 2.75) is 37.6 Å². The van der Waals surface area contributed by atoms with Gasteiger partial charge in [0.15, 0.2) is 0 Å². The van der Waals surface area contributed by atoms with Crippen molar-refractivity contribution in [1.82, 2.24) is 9.88 Å². The number of piperazine rings is 1. The average Bonchev–Trinajstić information content (AvgIpc) is 3.32. The van der Waals surface area contributed by atoms with Crippen molar-refractivity contribution in [3.05, 3.63) is 65.5 Å². The minimum Gasteiger partial charge on any atom is -0.497 e. The van der Waals surface area contributed by atoms with E-state index in [-0.39, 0.29) is 0 Å². The molecule has 2 aromatic carbocycles. The van der Waals surface area contributed by atoms with Crippen LogP contribution in [0.15, 0.2) is 59.3 Å². The zero-order chi connectivity index (χ0) is 23.1. The molecule has 6 heteroatoms. The SMILES string of the molecule is COc1ccc2occ(C3CCC(N4CCN(c5ccc(Cl)c6cccnc56)CC4)CC3)c2c1. The number of aromatic nitrogens is 1. The number of halogens is 1. The molecule has 2 fully saturated rings. The third kappa shape index (κ3) is 3.91.